The van der Waals surface area contributed by atoms with E-state index in [0.29, 0.717) is 0 Å². The van der Waals surface area contributed by atoms with Gasteiger partial charge in [-0.3, -0.25) is 0 Å². The molecule has 0 aliphatic heterocycles. The van der Waals surface area contributed by atoms with Crippen LogP contribution in [0.1, 0.15) is 0 Å². The molecular weight excluding hydrogens is 59.7 g/mol. The fraction of sp³-hybridized carbons (Fsp3) is 1.00. The Labute approximate surface area is 34.0 Å². The van der Waals surface area contributed by atoms with E-state index in [9.17, 15) is 0 Å². The summed E-state index contributed by atoms with van der Waals surface area (Å²) in [6, 6.07) is 0. The van der Waals surface area contributed by atoms with Gasteiger partial charge in [0.25, 0.3) is 0 Å². The summed E-state index contributed by atoms with van der Waals surface area (Å²) in [6.45, 7) is 4.15. The Bertz CT molecular complexity index is 34.6. The second kappa shape index (κ2) is 2.18. The minimum atomic E-state index is 0.287. The first-order chi connectivity index (χ1) is 2.27. The topological polar surface area (TPSA) is 12.4 Å². The third-order valence-corrected chi connectivity index (χ3v) is 0.298. The molecule has 0 aromatic heterocycles. The van der Waals surface area contributed by atoms with E-state index < -0.39 is 0 Å². The van der Waals surface area contributed by atoms with Crippen LogP contribution in [0.5, 0.6) is 0 Å². The number of hydrogen-bond donors (Lipinski definition) is 0. The van der Waals surface area contributed by atoms with E-state index in [1.807, 2.05) is 13.6 Å². The molecule has 0 aliphatic rings. The Morgan fingerprint density at radius 1 is 1.60 bits per heavy atom. The summed E-state index contributed by atoms with van der Waals surface area (Å²) in [5.41, 5.74) is 0. The SMILES string of the molecule is [B]=NB(C)C. The van der Waals surface area contributed by atoms with Crippen molar-refractivity contribution in [2.24, 2.45) is 4.81 Å². The van der Waals surface area contributed by atoms with Crippen LogP contribution in [0.25, 0.3) is 0 Å². The van der Waals surface area contributed by atoms with E-state index in [1.165, 1.54) is 0 Å². The van der Waals surface area contributed by atoms with Crippen molar-refractivity contribution in [2.45, 2.75) is 13.6 Å². The quantitative estimate of drug-likeness (QED) is 0.397. The van der Waals surface area contributed by atoms with Gasteiger partial charge in [-0.15, -0.1) is 0 Å². The molecule has 0 amide bonds. The molecule has 0 aliphatic carbocycles. The van der Waals surface area contributed by atoms with Gasteiger partial charge in [-0.25, -0.2) is 0 Å². The van der Waals surface area contributed by atoms with Crippen molar-refractivity contribution in [1.29, 1.82) is 0 Å². The van der Waals surface area contributed by atoms with Crippen molar-refractivity contribution in [3.05, 3.63) is 0 Å². The third-order valence-electron chi connectivity index (χ3n) is 0.298. The fourth-order valence-electron chi connectivity index (χ4n) is 0. The first-order valence-corrected chi connectivity index (χ1v) is 1.67. The first-order valence-electron chi connectivity index (χ1n) is 1.67. The van der Waals surface area contributed by atoms with Gasteiger partial charge in [-0.05, 0) is 0 Å². The zero-order chi connectivity index (χ0) is 4.28. The van der Waals surface area contributed by atoms with Gasteiger partial charge in [0.15, 0.2) is 0 Å². The molecule has 0 aromatic rings. The van der Waals surface area contributed by atoms with E-state index >= 15 is 0 Å². The third kappa shape index (κ3) is 3.93. The zero-order valence-corrected chi connectivity index (χ0v) is 3.60. The Balaban J connectivity index is 2.83. The van der Waals surface area contributed by atoms with Gasteiger partial charge in [0.2, 0.25) is 0 Å². The van der Waals surface area contributed by atoms with Crippen molar-refractivity contribution < 1.29 is 0 Å². The Kier molecular flexibility index (Phi) is 2.15. The van der Waals surface area contributed by atoms with Crippen LogP contribution in [-0.4, -0.2) is 14.5 Å². The number of nitrogens with zero attached hydrogens (tertiary/aromatic N) is 1. The van der Waals surface area contributed by atoms with Crippen LogP contribution in [0.2, 0.25) is 13.6 Å². The molecule has 0 bridgehead atoms. The molecule has 0 unspecified atom stereocenters. The van der Waals surface area contributed by atoms with Crippen LogP contribution in [0, 0.1) is 0 Å². The zero-order valence-electron chi connectivity index (χ0n) is 3.60. The van der Waals surface area contributed by atoms with E-state index in [-0.39, 0.29) is 6.85 Å². The first kappa shape index (κ1) is 4.93. The molecule has 5 heavy (non-hydrogen) atoms. The predicted molar refractivity (Wildman–Crippen MR) is 25.7 cm³/mol. The summed E-state index contributed by atoms with van der Waals surface area (Å²) in [4.78, 5) is 3.39. The van der Waals surface area contributed by atoms with Crippen LogP contribution >= 0.6 is 0 Å². The van der Waals surface area contributed by atoms with Crippen molar-refractivity contribution in [3.63, 3.8) is 0 Å². The van der Waals surface area contributed by atoms with Gasteiger partial charge in [0.1, 0.15) is 0 Å². The van der Waals surface area contributed by atoms with Crippen LogP contribution in [-0.2, 0) is 0 Å². The predicted octanol–water partition coefficient (Wildman–Crippen LogP) is 0.590. The van der Waals surface area contributed by atoms with Crippen molar-refractivity contribution in [3.8, 4) is 0 Å². The van der Waals surface area contributed by atoms with Gasteiger partial charge < -0.3 is 0 Å². The summed E-state index contributed by atoms with van der Waals surface area (Å²) >= 11 is 0. The average Bonchev–Trinajstić information content (AvgIpc) is 1.38. The minimum absolute atomic E-state index is 0.287. The molecule has 1 radical (unpaired) electrons. The Morgan fingerprint density at radius 2 is 1.80 bits per heavy atom. The van der Waals surface area contributed by atoms with Crippen LogP contribution in [0.15, 0.2) is 4.81 Å². The molecular formula is C2H6B2N. The van der Waals surface area contributed by atoms with E-state index in [1.54, 1.807) is 0 Å². The maximum absolute atomic E-state index is 4.80. The number of rotatable bonds is 1. The molecule has 0 atom stereocenters. The maximum atomic E-state index is 4.80. The van der Waals surface area contributed by atoms with E-state index in [2.05, 4.69) is 4.81 Å². The monoisotopic (exact) mass is 66.1 g/mol. The van der Waals surface area contributed by atoms with Crippen LogP contribution in [0.3, 0.4) is 0 Å². The second-order valence-electron chi connectivity index (χ2n) is 1.24. The molecule has 0 N–H and O–H groups in total. The molecule has 0 rings (SSSR count). The Hall–Kier alpha value is -0.0701. The molecule has 25 valence electrons. The average molecular weight is 65.7 g/mol. The van der Waals surface area contributed by atoms with E-state index in [0.717, 1.165) is 0 Å². The molecule has 0 saturated carbocycles. The van der Waals surface area contributed by atoms with Crippen molar-refractivity contribution >= 4 is 14.5 Å². The molecule has 0 spiro atoms. The fourth-order valence-corrected chi connectivity index (χ4v) is 0. The number of hydrogen-bond acceptors (Lipinski definition) is 1. The molecule has 0 aromatic carbocycles. The van der Waals surface area contributed by atoms with Gasteiger partial charge in [-0.2, -0.15) is 0 Å². The Morgan fingerprint density at radius 3 is 1.80 bits per heavy atom. The molecule has 0 fully saturated rings. The van der Waals surface area contributed by atoms with Crippen molar-refractivity contribution in [1.82, 2.24) is 0 Å². The second-order valence-corrected chi connectivity index (χ2v) is 1.24. The summed E-state index contributed by atoms with van der Waals surface area (Å²) in [7, 11) is 4.80. The molecule has 0 saturated heterocycles. The van der Waals surface area contributed by atoms with Crippen LogP contribution < -0.4 is 0 Å². The molecule has 3 heteroatoms. The summed E-state index contributed by atoms with van der Waals surface area (Å²) in [6.07, 6.45) is 0. The van der Waals surface area contributed by atoms with Gasteiger partial charge in [0, 0.05) is 0 Å². The standard InChI is InChI=1S/C2H6B2N/c1-4(2)5-3/h1-2H3. The van der Waals surface area contributed by atoms with E-state index in [4.69, 9.17) is 7.64 Å². The molecule has 1 nitrogen and oxygen atoms in total. The van der Waals surface area contributed by atoms with Gasteiger partial charge in [0.05, 0.1) is 0 Å². The summed E-state index contributed by atoms with van der Waals surface area (Å²) in [5, 5.41) is 0. The van der Waals surface area contributed by atoms with Crippen molar-refractivity contribution in [2.75, 3.05) is 0 Å². The normalized spacial score (nSPS) is 6.60. The van der Waals surface area contributed by atoms with Gasteiger partial charge >= 0.3 is 32.9 Å². The summed E-state index contributed by atoms with van der Waals surface area (Å²) < 4.78 is 0. The van der Waals surface area contributed by atoms with Gasteiger partial charge in [-0.1, -0.05) is 0 Å². The molecule has 0 heterocycles. The van der Waals surface area contributed by atoms with Crippen LogP contribution in [0.4, 0.5) is 0 Å². The summed E-state index contributed by atoms with van der Waals surface area (Å²) in [5.74, 6) is 0.